The topological polar surface area (TPSA) is 62.5 Å². The molecular formula is C24H23FN4O2S. The maximum absolute atomic E-state index is 13.2. The van der Waals surface area contributed by atoms with Gasteiger partial charge in [0.25, 0.3) is 5.91 Å². The Bertz CT molecular complexity index is 1260. The predicted molar refractivity (Wildman–Crippen MR) is 123 cm³/mol. The highest BCUT2D eigenvalue weighted by Gasteiger charge is 2.26. The van der Waals surface area contributed by atoms with E-state index in [1.54, 1.807) is 18.3 Å². The molecule has 1 aliphatic heterocycles. The second-order valence-corrected chi connectivity index (χ2v) is 9.30. The number of aromatic nitrogens is 2. The predicted octanol–water partition coefficient (Wildman–Crippen LogP) is 4.92. The van der Waals surface area contributed by atoms with Gasteiger partial charge in [-0.05, 0) is 62.3 Å². The molecule has 8 heteroatoms. The number of amides is 1. The number of fused-ring (bicyclic) bond motifs is 1. The highest BCUT2D eigenvalue weighted by atomic mass is 32.1. The summed E-state index contributed by atoms with van der Waals surface area (Å²) in [6.07, 6.45) is 3.59. The summed E-state index contributed by atoms with van der Waals surface area (Å²) in [6, 6.07) is 12.6. The number of carbonyl (C=O) groups excluding carboxylic acids is 1. The lowest BCUT2D eigenvalue weighted by Crippen LogP contribution is -2.44. The van der Waals surface area contributed by atoms with E-state index in [2.05, 4.69) is 29.1 Å². The van der Waals surface area contributed by atoms with Crippen molar-refractivity contribution in [3.8, 4) is 21.8 Å². The van der Waals surface area contributed by atoms with Crippen LogP contribution in [0.25, 0.3) is 32.8 Å². The molecule has 0 saturated carbocycles. The van der Waals surface area contributed by atoms with Crippen LogP contribution in [-0.2, 0) is 0 Å². The van der Waals surface area contributed by atoms with Crippen molar-refractivity contribution in [3.63, 3.8) is 0 Å². The van der Waals surface area contributed by atoms with Crippen LogP contribution in [0.5, 0.6) is 0 Å². The molecule has 1 saturated heterocycles. The maximum atomic E-state index is 13.2. The van der Waals surface area contributed by atoms with Crippen LogP contribution in [0.3, 0.4) is 0 Å². The smallest absolute Gasteiger partial charge is 0.265 e. The second kappa shape index (κ2) is 8.44. The van der Waals surface area contributed by atoms with Gasteiger partial charge in [0.05, 0.1) is 11.6 Å². The van der Waals surface area contributed by atoms with Crippen molar-refractivity contribution < 1.29 is 13.7 Å². The van der Waals surface area contributed by atoms with Crippen LogP contribution in [0.1, 0.15) is 22.5 Å². The van der Waals surface area contributed by atoms with Gasteiger partial charge < -0.3 is 14.3 Å². The minimum atomic E-state index is -0.270. The van der Waals surface area contributed by atoms with Crippen LogP contribution < -0.4 is 0 Å². The van der Waals surface area contributed by atoms with Crippen molar-refractivity contribution in [3.05, 3.63) is 59.4 Å². The van der Waals surface area contributed by atoms with Crippen molar-refractivity contribution in [2.24, 2.45) is 0 Å². The molecule has 0 N–H and O–H groups in total. The molecule has 1 amide bonds. The molecule has 0 bridgehead atoms. The molecule has 3 heterocycles. The second-order valence-electron chi connectivity index (χ2n) is 8.27. The summed E-state index contributed by atoms with van der Waals surface area (Å²) in [5, 5.41) is 5.70. The van der Waals surface area contributed by atoms with Crippen molar-refractivity contribution in [1.82, 2.24) is 19.9 Å². The van der Waals surface area contributed by atoms with Crippen LogP contribution in [-0.4, -0.2) is 59.1 Å². The van der Waals surface area contributed by atoms with Crippen LogP contribution in [0.15, 0.2) is 53.2 Å². The molecule has 32 heavy (non-hydrogen) atoms. The van der Waals surface area contributed by atoms with Gasteiger partial charge in [0.2, 0.25) is 0 Å². The number of carbonyl (C=O) groups is 1. The third-order valence-corrected chi connectivity index (χ3v) is 7.04. The van der Waals surface area contributed by atoms with Gasteiger partial charge in [0.1, 0.15) is 21.4 Å². The van der Waals surface area contributed by atoms with Gasteiger partial charge >= 0.3 is 0 Å². The number of likely N-dealkylation sites (tertiary alicyclic amines) is 1. The molecule has 4 aromatic rings. The van der Waals surface area contributed by atoms with Crippen molar-refractivity contribution >= 4 is 28.2 Å². The monoisotopic (exact) mass is 450 g/mol. The SMILES string of the molecule is CN(C)C1CCN(C(=O)c2cnc(-c3noc4cc(-c5ccc(F)cc5)ccc34)s2)CC1. The van der Waals surface area contributed by atoms with E-state index in [1.807, 2.05) is 23.1 Å². The number of nitrogens with zero attached hydrogens (tertiary/aromatic N) is 4. The number of benzene rings is 2. The highest BCUT2D eigenvalue weighted by molar-refractivity contribution is 7.17. The number of hydrogen-bond donors (Lipinski definition) is 0. The van der Waals surface area contributed by atoms with Gasteiger partial charge in [-0.2, -0.15) is 0 Å². The van der Waals surface area contributed by atoms with Gasteiger partial charge in [-0.1, -0.05) is 23.4 Å². The molecule has 164 valence electrons. The van der Waals surface area contributed by atoms with Crippen LogP contribution in [0, 0.1) is 5.82 Å². The lowest BCUT2D eigenvalue weighted by Gasteiger charge is -2.34. The normalized spacial score (nSPS) is 15.1. The van der Waals surface area contributed by atoms with Crippen molar-refractivity contribution in [2.45, 2.75) is 18.9 Å². The molecule has 0 aliphatic carbocycles. The Labute approximate surface area is 189 Å². The van der Waals surface area contributed by atoms with Crippen LogP contribution >= 0.6 is 11.3 Å². The molecule has 0 radical (unpaired) electrons. The van der Waals surface area contributed by atoms with E-state index >= 15 is 0 Å². The molecule has 0 atom stereocenters. The summed E-state index contributed by atoms with van der Waals surface area (Å²) in [4.78, 5) is 22.2. The Hall–Kier alpha value is -3.10. The van der Waals surface area contributed by atoms with Gasteiger partial charge in [-0.3, -0.25) is 4.79 Å². The third kappa shape index (κ3) is 3.91. The Morgan fingerprint density at radius 2 is 1.84 bits per heavy atom. The average Bonchev–Trinajstić information content (AvgIpc) is 3.46. The first-order valence-corrected chi connectivity index (χ1v) is 11.4. The van der Waals surface area contributed by atoms with E-state index in [0.717, 1.165) is 42.4 Å². The van der Waals surface area contributed by atoms with Gasteiger partial charge in [-0.15, -0.1) is 11.3 Å². The number of piperidine rings is 1. The molecule has 1 aliphatic rings. The fraction of sp³-hybridized carbons (Fsp3) is 0.292. The summed E-state index contributed by atoms with van der Waals surface area (Å²) in [7, 11) is 4.17. The zero-order valence-electron chi connectivity index (χ0n) is 17.9. The first kappa shape index (κ1) is 20.8. The average molecular weight is 451 g/mol. The fourth-order valence-corrected chi connectivity index (χ4v) is 5.02. The van der Waals surface area contributed by atoms with Gasteiger partial charge in [0.15, 0.2) is 5.58 Å². The zero-order chi connectivity index (χ0) is 22.2. The summed E-state index contributed by atoms with van der Waals surface area (Å²) in [6.45, 7) is 1.52. The van der Waals surface area contributed by atoms with E-state index in [1.165, 1.54) is 23.5 Å². The molecule has 2 aromatic heterocycles. The summed E-state index contributed by atoms with van der Waals surface area (Å²) in [5.41, 5.74) is 3.06. The molecule has 0 spiro atoms. The minimum Gasteiger partial charge on any atom is -0.356 e. The molecule has 2 aromatic carbocycles. The van der Waals surface area contributed by atoms with E-state index in [4.69, 9.17) is 4.52 Å². The van der Waals surface area contributed by atoms with E-state index in [9.17, 15) is 9.18 Å². The summed E-state index contributed by atoms with van der Waals surface area (Å²) < 4.78 is 18.8. The summed E-state index contributed by atoms with van der Waals surface area (Å²) in [5.74, 6) is -0.245. The summed E-state index contributed by atoms with van der Waals surface area (Å²) >= 11 is 1.34. The van der Waals surface area contributed by atoms with Crippen LogP contribution in [0.4, 0.5) is 4.39 Å². The highest BCUT2D eigenvalue weighted by Crippen LogP contribution is 2.34. The van der Waals surface area contributed by atoms with E-state index in [-0.39, 0.29) is 11.7 Å². The Morgan fingerprint density at radius 1 is 1.12 bits per heavy atom. The number of rotatable bonds is 4. The lowest BCUT2D eigenvalue weighted by atomic mass is 10.0. The van der Waals surface area contributed by atoms with Crippen LogP contribution in [0.2, 0.25) is 0 Å². The molecule has 5 rings (SSSR count). The van der Waals surface area contributed by atoms with Crippen molar-refractivity contribution in [1.29, 1.82) is 0 Å². The molecule has 6 nitrogen and oxygen atoms in total. The third-order valence-electron chi connectivity index (χ3n) is 6.05. The molecule has 0 unspecified atom stereocenters. The minimum absolute atomic E-state index is 0.0253. The Balaban J connectivity index is 1.36. The van der Waals surface area contributed by atoms with Gasteiger partial charge in [0, 0.05) is 19.1 Å². The molecule has 1 fully saturated rings. The van der Waals surface area contributed by atoms with Crippen molar-refractivity contribution in [2.75, 3.05) is 27.2 Å². The first-order valence-electron chi connectivity index (χ1n) is 10.6. The number of hydrogen-bond acceptors (Lipinski definition) is 6. The maximum Gasteiger partial charge on any atom is 0.265 e. The van der Waals surface area contributed by atoms with E-state index < -0.39 is 0 Å². The fourth-order valence-electron chi connectivity index (χ4n) is 4.14. The first-order chi connectivity index (χ1) is 15.5. The van der Waals surface area contributed by atoms with Gasteiger partial charge in [-0.25, -0.2) is 9.37 Å². The zero-order valence-corrected chi connectivity index (χ0v) is 18.7. The molecular weight excluding hydrogens is 427 g/mol. The standard InChI is InChI=1S/C24H23FN4O2S/c1-28(2)18-9-11-29(12-10-18)24(30)21-14-26-23(32-21)22-19-8-5-16(13-20(19)31-27-22)15-3-6-17(25)7-4-15/h3-8,13-14,18H,9-12H2,1-2H3. The Kier molecular flexibility index (Phi) is 5.48. The lowest BCUT2D eigenvalue weighted by molar-refractivity contribution is 0.0668. The number of thiazole rings is 1. The number of halogens is 1. The largest absolute Gasteiger partial charge is 0.356 e. The Morgan fingerprint density at radius 3 is 2.56 bits per heavy atom. The van der Waals surface area contributed by atoms with E-state index in [0.29, 0.717) is 27.2 Å². The quantitative estimate of drug-likeness (QED) is 0.441.